The number of hydrogen-bond donors (Lipinski definition) is 1. The Hall–Kier alpha value is -0.830. The van der Waals surface area contributed by atoms with Gasteiger partial charge in [-0.15, -0.1) is 12.6 Å². The lowest BCUT2D eigenvalue weighted by atomic mass is 10.4. The van der Waals surface area contributed by atoms with Crippen molar-refractivity contribution in [2.24, 2.45) is 0 Å². The summed E-state index contributed by atoms with van der Waals surface area (Å²) in [5.74, 6) is 0. The zero-order chi connectivity index (χ0) is 6.69. The van der Waals surface area contributed by atoms with Crippen molar-refractivity contribution in [2.45, 2.75) is 5.16 Å². The van der Waals surface area contributed by atoms with E-state index in [0.717, 1.165) is 5.69 Å². The molecule has 0 aliphatic carbocycles. The van der Waals surface area contributed by atoms with Gasteiger partial charge in [0.2, 0.25) is 0 Å². The van der Waals surface area contributed by atoms with E-state index < -0.39 is 0 Å². The molecule has 1 heterocycles. The third-order valence-electron chi connectivity index (χ3n) is 0.874. The van der Waals surface area contributed by atoms with E-state index in [9.17, 15) is 0 Å². The smallest absolute Gasteiger partial charge is 0.184 e. The van der Waals surface area contributed by atoms with Gasteiger partial charge in [-0.3, -0.25) is 0 Å². The van der Waals surface area contributed by atoms with Gasteiger partial charge in [0.25, 0.3) is 0 Å². The van der Waals surface area contributed by atoms with Crippen LogP contribution in [0.4, 0.5) is 0 Å². The Kier molecular flexibility index (Phi) is 1.85. The van der Waals surface area contributed by atoms with Gasteiger partial charge in [0.05, 0.1) is 5.69 Å². The van der Waals surface area contributed by atoms with Crippen molar-refractivity contribution < 1.29 is 0 Å². The Morgan fingerprint density at radius 2 is 2.44 bits per heavy atom. The average molecular weight is 138 g/mol. The van der Waals surface area contributed by atoms with Gasteiger partial charge in [-0.25, -0.2) is 9.97 Å². The molecule has 0 radical (unpaired) electrons. The van der Waals surface area contributed by atoms with Crippen LogP contribution in [0.5, 0.6) is 0 Å². The van der Waals surface area contributed by atoms with E-state index in [1.54, 1.807) is 18.3 Å². The lowest BCUT2D eigenvalue weighted by molar-refractivity contribution is 0.965. The van der Waals surface area contributed by atoms with Crippen LogP contribution in [0.15, 0.2) is 24.0 Å². The van der Waals surface area contributed by atoms with Crippen molar-refractivity contribution in [3.8, 4) is 0 Å². The molecule has 0 saturated carbocycles. The molecule has 9 heavy (non-hydrogen) atoms. The summed E-state index contributed by atoms with van der Waals surface area (Å²) in [6, 6.07) is 1.77. The minimum absolute atomic E-state index is 0.479. The predicted octanol–water partition coefficient (Wildman–Crippen LogP) is 1.41. The van der Waals surface area contributed by atoms with Gasteiger partial charge in [-0.1, -0.05) is 6.58 Å². The summed E-state index contributed by atoms with van der Waals surface area (Å²) >= 11 is 3.94. The summed E-state index contributed by atoms with van der Waals surface area (Å²) in [6.07, 6.45) is 3.30. The molecular formula is C6H6N2S. The van der Waals surface area contributed by atoms with Crippen molar-refractivity contribution in [3.05, 3.63) is 24.5 Å². The van der Waals surface area contributed by atoms with Crippen LogP contribution in [0.1, 0.15) is 5.69 Å². The molecule has 0 fully saturated rings. The van der Waals surface area contributed by atoms with Crippen LogP contribution >= 0.6 is 12.6 Å². The summed E-state index contributed by atoms with van der Waals surface area (Å²) in [4.78, 5) is 7.72. The maximum absolute atomic E-state index is 3.94. The third kappa shape index (κ3) is 1.54. The van der Waals surface area contributed by atoms with E-state index in [-0.39, 0.29) is 0 Å². The maximum atomic E-state index is 3.94. The molecule has 1 rings (SSSR count). The quantitative estimate of drug-likeness (QED) is 0.469. The topological polar surface area (TPSA) is 25.8 Å². The number of rotatable bonds is 1. The van der Waals surface area contributed by atoms with Crippen LogP contribution in [0.2, 0.25) is 0 Å². The van der Waals surface area contributed by atoms with Gasteiger partial charge in [0.15, 0.2) is 5.16 Å². The molecule has 0 aliphatic rings. The van der Waals surface area contributed by atoms with Gasteiger partial charge in [0, 0.05) is 6.20 Å². The van der Waals surface area contributed by atoms with E-state index in [2.05, 4.69) is 29.2 Å². The van der Waals surface area contributed by atoms with Gasteiger partial charge in [0.1, 0.15) is 0 Å². The Balaban J connectivity index is 3.07. The van der Waals surface area contributed by atoms with E-state index >= 15 is 0 Å². The third-order valence-corrected chi connectivity index (χ3v) is 1.09. The monoisotopic (exact) mass is 138 g/mol. The van der Waals surface area contributed by atoms with Gasteiger partial charge in [-0.05, 0) is 12.1 Å². The van der Waals surface area contributed by atoms with E-state index in [4.69, 9.17) is 0 Å². The van der Waals surface area contributed by atoms with Crippen molar-refractivity contribution in [1.82, 2.24) is 9.97 Å². The summed E-state index contributed by atoms with van der Waals surface area (Å²) in [5, 5.41) is 0.479. The second-order valence-electron chi connectivity index (χ2n) is 1.49. The first-order valence-electron chi connectivity index (χ1n) is 2.47. The summed E-state index contributed by atoms with van der Waals surface area (Å²) in [5.41, 5.74) is 0.801. The highest BCUT2D eigenvalue weighted by atomic mass is 32.1. The Morgan fingerprint density at radius 1 is 1.67 bits per heavy atom. The number of hydrogen-bond acceptors (Lipinski definition) is 3. The molecule has 3 heteroatoms. The lowest BCUT2D eigenvalue weighted by Crippen LogP contribution is -1.83. The van der Waals surface area contributed by atoms with Crippen molar-refractivity contribution in [2.75, 3.05) is 0 Å². The van der Waals surface area contributed by atoms with Crippen molar-refractivity contribution >= 4 is 18.7 Å². The van der Waals surface area contributed by atoms with Crippen molar-refractivity contribution in [3.63, 3.8) is 0 Å². The van der Waals surface area contributed by atoms with Crippen LogP contribution in [0.3, 0.4) is 0 Å². The fraction of sp³-hybridized carbons (Fsp3) is 0. The molecule has 0 saturated heterocycles. The number of nitrogens with zero attached hydrogens (tertiary/aromatic N) is 2. The molecule has 0 aromatic carbocycles. The van der Waals surface area contributed by atoms with Gasteiger partial charge in [-0.2, -0.15) is 0 Å². The maximum Gasteiger partial charge on any atom is 0.184 e. The van der Waals surface area contributed by atoms with E-state index in [1.165, 1.54) is 0 Å². The zero-order valence-electron chi connectivity index (χ0n) is 4.78. The Labute approximate surface area is 59.1 Å². The fourth-order valence-electron chi connectivity index (χ4n) is 0.476. The Morgan fingerprint density at radius 3 is 2.89 bits per heavy atom. The van der Waals surface area contributed by atoms with Crippen LogP contribution in [-0.2, 0) is 0 Å². The average Bonchev–Trinajstić information content (AvgIpc) is 1.88. The summed E-state index contributed by atoms with van der Waals surface area (Å²) in [6.45, 7) is 3.55. The first-order chi connectivity index (χ1) is 4.33. The molecule has 0 atom stereocenters. The fourth-order valence-corrected chi connectivity index (χ4v) is 0.658. The number of aromatic nitrogens is 2. The molecule has 0 amide bonds. The van der Waals surface area contributed by atoms with Crippen LogP contribution in [0, 0.1) is 0 Å². The van der Waals surface area contributed by atoms with Crippen LogP contribution in [0.25, 0.3) is 6.08 Å². The second kappa shape index (κ2) is 2.64. The summed E-state index contributed by atoms with van der Waals surface area (Å²) in [7, 11) is 0. The summed E-state index contributed by atoms with van der Waals surface area (Å²) < 4.78 is 0. The van der Waals surface area contributed by atoms with Gasteiger partial charge < -0.3 is 0 Å². The van der Waals surface area contributed by atoms with E-state index in [0.29, 0.717) is 5.16 Å². The first-order valence-corrected chi connectivity index (χ1v) is 2.92. The van der Waals surface area contributed by atoms with Gasteiger partial charge >= 0.3 is 0 Å². The molecular weight excluding hydrogens is 132 g/mol. The molecule has 46 valence electrons. The normalized spacial score (nSPS) is 9.00. The second-order valence-corrected chi connectivity index (χ2v) is 1.89. The molecule has 0 N–H and O–H groups in total. The SMILES string of the molecule is C=Cc1ccnc(S)n1. The molecule has 2 nitrogen and oxygen atoms in total. The minimum Gasteiger partial charge on any atom is -0.231 e. The molecule has 1 aromatic rings. The molecule has 0 aliphatic heterocycles. The number of thiol groups is 1. The molecule has 0 spiro atoms. The predicted molar refractivity (Wildman–Crippen MR) is 39.4 cm³/mol. The molecule has 1 aromatic heterocycles. The van der Waals surface area contributed by atoms with E-state index in [1.807, 2.05) is 0 Å². The minimum atomic E-state index is 0.479. The zero-order valence-corrected chi connectivity index (χ0v) is 5.68. The highest BCUT2D eigenvalue weighted by Crippen LogP contribution is 1.98. The standard InChI is InChI=1S/C6H6N2S/c1-2-5-3-4-7-6(9)8-5/h2-4H,1H2,(H,7,8,9). The van der Waals surface area contributed by atoms with Crippen molar-refractivity contribution in [1.29, 1.82) is 0 Å². The largest absolute Gasteiger partial charge is 0.231 e. The molecule has 0 unspecified atom stereocenters. The highest BCUT2D eigenvalue weighted by Gasteiger charge is 1.86. The first kappa shape index (κ1) is 6.29. The van der Waals surface area contributed by atoms with Crippen LogP contribution < -0.4 is 0 Å². The highest BCUT2D eigenvalue weighted by molar-refractivity contribution is 7.80. The van der Waals surface area contributed by atoms with Crippen LogP contribution in [-0.4, -0.2) is 9.97 Å². The Bertz CT molecular complexity index is 222. The lowest BCUT2D eigenvalue weighted by Gasteiger charge is -1.89. The molecule has 0 bridgehead atoms.